The third-order valence-corrected chi connectivity index (χ3v) is 1.59. The Bertz CT molecular complexity index is 251. The van der Waals surface area contributed by atoms with Crippen LogP contribution in [0.25, 0.3) is 0 Å². The fourth-order valence-electron chi connectivity index (χ4n) is 0.921. The minimum atomic E-state index is -0.332. The van der Waals surface area contributed by atoms with Crippen molar-refractivity contribution in [1.29, 1.82) is 0 Å². The highest BCUT2D eigenvalue weighted by atomic mass is 16.2. The van der Waals surface area contributed by atoms with Crippen LogP contribution in [0.5, 0.6) is 0 Å². The minimum Gasteiger partial charge on any atom is -0.300 e. The molecule has 4 heteroatoms. The van der Waals surface area contributed by atoms with Crippen molar-refractivity contribution >= 4 is 17.6 Å². The van der Waals surface area contributed by atoms with Gasteiger partial charge in [-0.1, -0.05) is 13.8 Å². The molecule has 0 N–H and O–H groups in total. The summed E-state index contributed by atoms with van der Waals surface area (Å²) in [5.41, 5.74) is 0. The van der Waals surface area contributed by atoms with E-state index in [0.717, 1.165) is 4.90 Å². The van der Waals surface area contributed by atoms with E-state index in [1.807, 2.05) is 13.8 Å². The molecule has 78 valence electrons. The van der Waals surface area contributed by atoms with E-state index in [1.54, 1.807) is 0 Å². The number of carbonyl (C=O) groups is 3. The number of hydrogen-bond acceptors (Lipinski definition) is 3. The molecule has 0 saturated heterocycles. The highest BCUT2D eigenvalue weighted by molar-refractivity contribution is 6.13. The molecule has 0 bridgehead atoms. The van der Waals surface area contributed by atoms with Gasteiger partial charge in [0.25, 0.3) is 11.8 Å². The van der Waals surface area contributed by atoms with Crippen LogP contribution in [0.4, 0.5) is 0 Å². The molecule has 0 aromatic heterocycles. The number of hydrogen-bond donors (Lipinski definition) is 0. The third-order valence-electron chi connectivity index (χ3n) is 1.59. The molecule has 14 heavy (non-hydrogen) atoms. The predicted molar refractivity (Wildman–Crippen MR) is 52.5 cm³/mol. The lowest BCUT2D eigenvalue weighted by Crippen LogP contribution is -2.31. The Morgan fingerprint density at radius 3 is 2.00 bits per heavy atom. The number of nitrogens with zero attached hydrogens (tertiary/aromatic N) is 1. The van der Waals surface area contributed by atoms with Crippen LogP contribution in [0.3, 0.4) is 0 Å². The number of rotatable bonds is 3. The van der Waals surface area contributed by atoms with Gasteiger partial charge in [0.05, 0.1) is 0 Å². The summed E-state index contributed by atoms with van der Waals surface area (Å²) in [5.74, 6) is -0.690. The Balaban J connectivity index is 0.000000791. The standard InChI is InChI=1S/C8H9NO3.C2H6/c1-6(10)4-5-9-7(11)2-3-8(9)12;1-2/h2-3H,4-5H2,1H3;1-2H3. The molecule has 1 heterocycles. The molecule has 0 saturated carbocycles. The number of amides is 2. The van der Waals surface area contributed by atoms with Crippen LogP contribution in [0.1, 0.15) is 27.2 Å². The third kappa shape index (κ3) is 3.51. The van der Waals surface area contributed by atoms with Gasteiger partial charge in [0, 0.05) is 25.1 Å². The lowest BCUT2D eigenvalue weighted by molar-refractivity contribution is -0.137. The van der Waals surface area contributed by atoms with Crippen molar-refractivity contribution in [3.8, 4) is 0 Å². The van der Waals surface area contributed by atoms with Gasteiger partial charge >= 0.3 is 0 Å². The summed E-state index contributed by atoms with van der Waals surface area (Å²) in [4.78, 5) is 33.4. The van der Waals surface area contributed by atoms with E-state index in [9.17, 15) is 14.4 Å². The Morgan fingerprint density at radius 2 is 1.64 bits per heavy atom. The zero-order chi connectivity index (χ0) is 11.1. The smallest absolute Gasteiger partial charge is 0.253 e. The number of imide groups is 1. The molecule has 4 nitrogen and oxygen atoms in total. The second kappa shape index (κ2) is 6.07. The van der Waals surface area contributed by atoms with Crippen LogP contribution < -0.4 is 0 Å². The van der Waals surface area contributed by atoms with Crippen molar-refractivity contribution in [2.45, 2.75) is 27.2 Å². The highest BCUT2D eigenvalue weighted by Gasteiger charge is 2.22. The van der Waals surface area contributed by atoms with Crippen molar-refractivity contribution in [2.24, 2.45) is 0 Å². The number of carbonyl (C=O) groups excluding carboxylic acids is 3. The van der Waals surface area contributed by atoms with Crippen LogP contribution in [-0.2, 0) is 14.4 Å². The molecule has 0 radical (unpaired) electrons. The molecule has 0 aromatic carbocycles. The summed E-state index contributed by atoms with van der Waals surface area (Å²) in [6, 6.07) is 0. The van der Waals surface area contributed by atoms with Crippen LogP contribution >= 0.6 is 0 Å². The van der Waals surface area contributed by atoms with Gasteiger partial charge in [0.15, 0.2) is 0 Å². The predicted octanol–water partition coefficient (Wildman–Crippen LogP) is 0.917. The van der Waals surface area contributed by atoms with E-state index < -0.39 is 0 Å². The van der Waals surface area contributed by atoms with Crippen LogP contribution in [-0.4, -0.2) is 29.0 Å². The number of Topliss-reactive ketones (excluding diaryl/α,β-unsaturated/α-hetero) is 1. The van der Waals surface area contributed by atoms with Gasteiger partial charge < -0.3 is 0 Å². The maximum absolute atomic E-state index is 10.9. The molecule has 1 rings (SSSR count). The molecule has 0 fully saturated rings. The van der Waals surface area contributed by atoms with Crippen LogP contribution in [0, 0.1) is 0 Å². The monoisotopic (exact) mass is 197 g/mol. The molecule has 2 amide bonds. The van der Waals surface area contributed by atoms with Crippen molar-refractivity contribution in [2.75, 3.05) is 6.54 Å². The SMILES string of the molecule is CC.CC(=O)CCN1C(=O)C=CC1=O. The molecule has 0 aromatic rings. The number of ketones is 1. The molecule has 0 spiro atoms. The van der Waals surface area contributed by atoms with Crippen LogP contribution in [0.2, 0.25) is 0 Å². The quantitative estimate of drug-likeness (QED) is 0.632. The summed E-state index contributed by atoms with van der Waals surface area (Å²) in [6.07, 6.45) is 2.66. The van der Waals surface area contributed by atoms with E-state index in [1.165, 1.54) is 19.1 Å². The van der Waals surface area contributed by atoms with E-state index in [0.29, 0.717) is 0 Å². The normalized spacial score (nSPS) is 14.1. The summed E-state index contributed by atoms with van der Waals surface area (Å²) in [7, 11) is 0. The van der Waals surface area contributed by atoms with E-state index in [4.69, 9.17) is 0 Å². The molecule has 1 aliphatic heterocycles. The summed E-state index contributed by atoms with van der Waals surface area (Å²) >= 11 is 0. The van der Waals surface area contributed by atoms with Crippen molar-refractivity contribution < 1.29 is 14.4 Å². The molecule has 0 aliphatic carbocycles. The van der Waals surface area contributed by atoms with Gasteiger partial charge in [-0.2, -0.15) is 0 Å². The first-order valence-electron chi connectivity index (χ1n) is 4.64. The maximum Gasteiger partial charge on any atom is 0.253 e. The zero-order valence-electron chi connectivity index (χ0n) is 8.74. The Labute approximate surface area is 83.6 Å². The lowest BCUT2D eigenvalue weighted by atomic mass is 10.3. The Kier molecular flexibility index (Phi) is 5.44. The second-order valence-electron chi connectivity index (χ2n) is 2.61. The fourth-order valence-corrected chi connectivity index (χ4v) is 0.921. The topological polar surface area (TPSA) is 54.5 Å². The van der Waals surface area contributed by atoms with Crippen molar-refractivity contribution in [3.63, 3.8) is 0 Å². The van der Waals surface area contributed by atoms with E-state index in [-0.39, 0.29) is 30.6 Å². The highest BCUT2D eigenvalue weighted by Crippen LogP contribution is 2.03. The fraction of sp³-hybridized carbons (Fsp3) is 0.500. The Morgan fingerprint density at radius 1 is 1.21 bits per heavy atom. The van der Waals surface area contributed by atoms with Gasteiger partial charge in [-0.15, -0.1) is 0 Å². The zero-order valence-corrected chi connectivity index (χ0v) is 8.74. The summed E-state index contributed by atoms with van der Waals surface area (Å²) in [6.45, 7) is 5.62. The largest absolute Gasteiger partial charge is 0.300 e. The molecular weight excluding hydrogens is 182 g/mol. The molecule has 0 unspecified atom stereocenters. The minimum absolute atomic E-state index is 0.0255. The van der Waals surface area contributed by atoms with E-state index in [2.05, 4.69) is 0 Å². The first kappa shape index (κ1) is 12.6. The van der Waals surface area contributed by atoms with Gasteiger partial charge in [-0.05, 0) is 6.92 Å². The van der Waals surface area contributed by atoms with Gasteiger partial charge in [0.1, 0.15) is 5.78 Å². The second-order valence-corrected chi connectivity index (χ2v) is 2.61. The first-order valence-corrected chi connectivity index (χ1v) is 4.64. The summed E-state index contributed by atoms with van der Waals surface area (Å²) in [5, 5.41) is 0. The molecular formula is C10H15NO3. The van der Waals surface area contributed by atoms with Gasteiger partial charge in [0.2, 0.25) is 0 Å². The molecule has 1 aliphatic rings. The van der Waals surface area contributed by atoms with Crippen molar-refractivity contribution in [3.05, 3.63) is 12.2 Å². The maximum atomic E-state index is 10.9. The average molecular weight is 197 g/mol. The first-order chi connectivity index (χ1) is 6.61. The Hall–Kier alpha value is -1.45. The molecule has 0 atom stereocenters. The average Bonchev–Trinajstić information content (AvgIpc) is 2.47. The lowest BCUT2D eigenvalue weighted by Gasteiger charge is -2.11. The van der Waals surface area contributed by atoms with Gasteiger partial charge in [-0.3, -0.25) is 19.3 Å². The summed E-state index contributed by atoms with van der Waals surface area (Å²) < 4.78 is 0. The van der Waals surface area contributed by atoms with Crippen molar-refractivity contribution in [1.82, 2.24) is 4.90 Å². The van der Waals surface area contributed by atoms with E-state index >= 15 is 0 Å². The van der Waals surface area contributed by atoms with Gasteiger partial charge in [-0.25, -0.2) is 0 Å². The van der Waals surface area contributed by atoms with Crippen LogP contribution in [0.15, 0.2) is 12.2 Å².